The Morgan fingerprint density at radius 1 is 1.19 bits per heavy atom. The molecule has 0 radical (unpaired) electrons. The maximum atomic E-state index is 12.5. The van der Waals surface area contributed by atoms with Gasteiger partial charge in [-0.1, -0.05) is 0 Å². The van der Waals surface area contributed by atoms with E-state index in [-0.39, 0.29) is 43.0 Å². The average molecular weight is 442 g/mol. The van der Waals surface area contributed by atoms with Crippen LogP contribution in [0.3, 0.4) is 0 Å². The summed E-state index contributed by atoms with van der Waals surface area (Å²) in [5.74, 6) is 7.14. The SMILES string of the molecule is N#Cc1ccc(NC(=O)CNC2CCC(N(N)CC(=O)N3CSCC3C#N)CC2)cc1. The van der Waals surface area contributed by atoms with Crippen LogP contribution in [-0.2, 0) is 9.59 Å². The topological polar surface area (TPSA) is 138 Å². The van der Waals surface area contributed by atoms with Crippen LogP contribution in [0.2, 0.25) is 0 Å². The number of anilines is 1. The number of nitrogens with two attached hydrogens (primary N) is 1. The lowest BCUT2D eigenvalue weighted by molar-refractivity contribution is -0.132. The van der Waals surface area contributed by atoms with Crippen LogP contribution in [0.1, 0.15) is 31.2 Å². The zero-order valence-electron chi connectivity index (χ0n) is 17.3. The Bertz CT molecular complexity index is 856. The highest BCUT2D eigenvalue weighted by Gasteiger charge is 2.32. The van der Waals surface area contributed by atoms with E-state index >= 15 is 0 Å². The molecule has 1 aliphatic carbocycles. The average Bonchev–Trinajstić information content (AvgIpc) is 3.27. The maximum absolute atomic E-state index is 12.5. The number of rotatable bonds is 7. The van der Waals surface area contributed by atoms with Crippen molar-refractivity contribution in [1.82, 2.24) is 15.2 Å². The summed E-state index contributed by atoms with van der Waals surface area (Å²) in [4.78, 5) is 26.2. The van der Waals surface area contributed by atoms with E-state index in [9.17, 15) is 9.59 Å². The van der Waals surface area contributed by atoms with Gasteiger partial charge in [-0.2, -0.15) is 10.5 Å². The molecule has 1 saturated carbocycles. The number of nitriles is 2. The molecule has 1 aliphatic heterocycles. The smallest absolute Gasteiger partial charge is 0.239 e. The lowest BCUT2D eigenvalue weighted by Crippen LogP contribution is -2.51. The van der Waals surface area contributed by atoms with Gasteiger partial charge < -0.3 is 15.5 Å². The Morgan fingerprint density at radius 2 is 1.90 bits per heavy atom. The standard InChI is InChI=1S/C21H27N7O2S/c22-9-15-1-3-17(4-2-15)26-20(29)11-25-16-5-7-18(8-6-16)28(24)12-21(30)27-14-31-13-19(27)10-23/h1-4,16,18-19,25H,5-8,11-14,24H2,(H,26,29). The third kappa shape index (κ3) is 6.42. The van der Waals surface area contributed by atoms with Crippen molar-refractivity contribution in [2.24, 2.45) is 5.84 Å². The summed E-state index contributed by atoms with van der Waals surface area (Å²) < 4.78 is 0. The summed E-state index contributed by atoms with van der Waals surface area (Å²) in [6.45, 7) is 0.330. The number of benzene rings is 1. The molecule has 1 saturated heterocycles. The molecule has 164 valence electrons. The van der Waals surface area contributed by atoms with Crippen LogP contribution in [0, 0.1) is 22.7 Å². The number of nitrogens with one attached hydrogen (secondary N) is 2. The van der Waals surface area contributed by atoms with Crippen molar-refractivity contribution in [3.63, 3.8) is 0 Å². The molecule has 1 aromatic carbocycles. The molecule has 2 amide bonds. The molecule has 1 unspecified atom stereocenters. The van der Waals surface area contributed by atoms with Crippen LogP contribution in [0.25, 0.3) is 0 Å². The number of amides is 2. The van der Waals surface area contributed by atoms with Crippen LogP contribution >= 0.6 is 11.8 Å². The fourth-order valence-corrected chi connectivity index (χ4v) is 4.96. The number of carbonyl (C=O) groups excluding carboxylic acids is 2. The molecule has 10 heteroatoms. The molecule has 9 nitrogen and oxygen atoms in total. The minimum absolute atomic E-state index is 0.0984. The minimum Gasteiger partial charge on any atom is -0.325 e. The van der Waals surface area contributed by atoms with E-state index < -0.39 is 0 Å². The fourth-order valence-electron chi connectivity index (χ4n) is 3.85. The van der Waals surface area contributed by atoms with Gasteiger partial charge in [-0.05, 0) is 49.9 Å². The largest absolute Gasteiger partial charge is 0.325 e. The lowest BCUT2D eigenvalue weighted by Gasteiger charge is -2.35. The first-order valence-electron chi connectivity index (χ1n) is 10.3. The van der Waals surface area contributed by atoms with Crippen LogP contribution in [0.15, 0.2) is 24.3 Å². The van der Waals surface area contributed by atoms with Gasteiger partial charge in [0.15, 0.2) is 0 Å². The highest BCUT2D eigenvalue weighted by molar-refractivity contribution is 7.99. The monoisotopic (exact) mass is 441 g/mol. The molecular weight excluding hydrogens is 414 g/mol. The summed E-state index contributed by atoms with van der Waals surface area (Å²) in [5.41, 5.74) is 1.21. The Kier molecular flexibility index (Phi) is 8.27. The Balaban J connectivity index is 1.36. The van der Waals surface area contributed by atoms with Gasteiger partial charge in [0.25, 0.3) is 0 Å². The van der Waals surface area contributed by atoms with Crippen molar-refractivity contribution in [3.05, 3.63) is 29.8 Å². The Morgan fingerprint density at radius 3 is 2.55 bits per heavy atom. The summed E-state index contributed by atoms with van der Waals surface area (Å²) in [6, 6.07) is 10.9. The molecule has 2 fully saturated rings. The summed E-state index contributed by atoms with van der Waals surface area (Å²) in [6.07, 6.45) is 3.43. The first-order chi connectivity index (χ1) is 15.0. The predicted molar refractivity (Wildman–Crippen MR) is 118 cm³/mol. The first kappa shape index (κ1) is 23.0. The van der Waals surface area contributed by atoms with E-state index in [4.69, 9.17) is 16.4 Å². The maximum Gasteiger partial charge on any atom is 0.239 e. The minimum atomic E-state index is -0.360. The van der Waals surface area contributed by atoms with Gasteiger partial charge >= 0.3 is 0 Å². The molecule has 1 aromatic rings. The van der Waals surface area contributed by atoms with Gasteiger partial charge in [-0.15, -0.1) is 11.8 Å². The molecule has 0 aromatic heterocycles. The van der Waals surface area contributed by atoms with E-state index in [1.165, 1.54) is 0 Å². The van der Waals surface area contributed by atoms with Gasteiger partial charge in [-0.3, -0.25) is 15.4 Å². The van der Waals surface area contributed by atoms with Crippen molar-refractivity contribution in [2.45, 2.75) is 43.8 Å². The fraction of sp³-hybridized carbons (Fsp3) is 0.524. The number of nitrogens with zero attached hydrogens (tertiary/aromatic N) is 4. The molecule has 2 aliphatic rings. The molecule has 1 atom stereocenters. The van der Waals surface area contributed by atoms with E-state index in [0.717, 1.165) is 25.7 Å². The zero-order valence-corrected chi connectivity index (χ0v) is 18.1. The highest BCUT2D eigenvalue weighted by atomic mass is 32.2. The lowest BCUT2D eigenvalue weighted by atomic mass is 9.90. The second kappa shape index (κ2) is 11.1. The summed E-state index contributed by atoms with van der Waals surface area (Å²) in [7, 11) is 0. The number of carbonyl (C=O) groups is 2. The van der Waals surface area contributed by atoms with Crippen LogP contribution in [0.4, 0.5) is 5.69 Å². The zero-order chi connectivity index (χ0) is 22.2. The van der Waals surface area contributed by atoms with Gasteiger partial charge in [0.2, 0.25) is 11.8 Å². The van der Waals surface area contributed by atoms with E-state index in [1.54, 1.807) is 45.9 Å². The van der Waals surface area contributed by atoms with Crippen molar-refractivity contribution >= 4 is 29.3 Å². The van der Waals surface area contributed by atoms with Gasteiger partial charge in [0, 0.05) is 23.5 Å². The molecular formula is C21H27N7O2S. The van der Waals surface area contributed by atoms with Crippen LogP contribution in [-0.4, -0.2) is 64.6 Å². The number of hydrogen-bond donors (Lipinski definition) is 3. The quantitative estimate of drug-likeness (QED) is 0.421. The molecule has 3 rings (SSSR count). The highest BCUT2D eigenvalue weighted by Crippen LogP contribution is 2.23. The molecule has 1 heterocycles. The normalized spacial score (nSPS) is 23.2. The number of thioether (sulfide) groups is 1. The van der Waals surface area contributed by atoms with Gasteiger partial charge in [0.1, 0.15) is 6.04 Å². The first-order valence-corrected chi connectivity index (χ1v) is 11.5. The summed E-state index contributed by atoms with van der Waals surface area (Å²) in [5, 5.41) is 25.7. The Hall–Kier alpha value is -2.63. The van der Waals surface area contributed by atoms with Crippen molar-refractivity contribution in [1.29, 1.82) is 10.5 Å². The number of hydrazine groups is 1. The molecule has 31 heavy (non-hydrogen) atoms. The summed E-state index contributed by atoms with van der Waals surface area (Å²) >= 11 is 1.59. The van der Waals surface area contributed by atoms with Crippen molar-refractivity contribution in [2.75, 3.05) is 30.0 Å². The third-order valence-electron chi connectivity index (χ3n) is 5.68. The Labute approximate surface area is 186 Å². The van der Waals surface area contributed by atoms with Gasteiger partial charge in [-0.25, -0.2) is 5.01 Å². The molecule has 0 bridgehead atoms. The van der Waals surface area contributed by atoms with Crippen LogP contribution in [0.5, 0.6) is 0 Å². The third-order valence-corrected chi connectivity index (χ3v) is 6.70. The second-order valence-electron chi connectivity index (χ2n) is 7.80. The van der Waals surface area contributed by atoms with Crippen molar-refractivity contribution in [3.8, 4) is 12.1 Å². The van der Waals surface area contributed by atoms with Crippen molar-refractivity contribution < 1.29 is 9.59 Å². The van der Waals surface area contributed by atoms with Crippen LogP contribution < -0.4 is 16.5 Å². The van der Waals surface area contributed by atoms with E-state index in [1.807, 2.05) is 6.07 Å². The van der Waals surface area contributed by atoms with E-state index in [0.29, 0.717) is 22.9 Å². The van der Waals surface area contributed by atoms with Gasteiger partial charge in [0.05, 0.1) is 36.7 Å². The molecule has 4 N–H and O–H groups in total. The predicted octanol–water partition coefficient (Wildman–Crippen LogP) is 0.998. The second-order valence-corrected chi connectivity index (χ2v) is 8.80. The molecule has 0 spiro atoms. The number of hydrogen-bond acceptors (Lipinski definition) is 8. The van der Waals surface area contributed by atoms with E-state index in [2.05, 4.69) is 16.7 Å².